The maximum Gasteiger partial charge on any atom is 0.242 e. The second kappa shape index (κ2) is 4.99. The zero-order valence-electron chi connectivity index (χ0n) is 10.4. The van der Waals surface area contributed by atoms with E-state index in [0.29, 0.717) is 11.6 Å². The predicted octanol–water partition coefficient (Wildman–Crippen LogP) is 0.687. The van der Waals surface area contributed by atoms with Crippen LogP contribution in [-0.2, 0) is 11.2 Å². The van der Waals surface area contributed by atoms with E-state index in [0.717, 1.165) is 18.4 Å². The maximum atomic E-state index is 11.3. The first-order valence-electron chi connectivity index (χ1n) is 5.56. The number of hydrogen-bond acceptors (Lipinski definition) is 5. The molecule has 0 fully saturated rings. The predicted molar refractivity (Wildman–Crippen MR) is 67.3 cm³/mol. The van der Waals surface area contributed by atoms with Crippen molar-refractivity contribution in [2.24, 2.45) is 5.73 Å². The van der Waals surface area contributed by atoms with Gasteiger partial charge in [0.15, 0.2) is 0 Å². The molecule has 94 valence electrons. The molecule has 0 aliphatic rings. The summed E-state index contributed by atoms with van der Waals surface area (Å²) in [6.07, 6.45) is 3.04. The maximum absolute atomic E-state index is 11.3. The van der Waals surface area contributed by atoms with E-state index < -0.39 is 11.4 Å². The van der Waals surface area contributed by atoms with E-state index in [1.807, 2.05) is 6.92 Å². The second-order valence-corrected chi connectivity index (χ2v) is 4.45. The molecule has 0 aliphatic heterocycles. The number of anilines is 2. The first-order valence-corrected chi connectivity index (χ1v) is 5.56. The molecule has 0 radical (unpaired) electrons. The minimum atomic E-state index is -0.872. The van der Waals surface area contributed by atoms with Crippen LogP contribution in [0, 0.1) is 0 Å². The van der Waals surface area contributed by atoms with Gasteiger partial charge in [-0.1, -0.05) is 13.3 Å². The fraction of sp³-hybridized carbons (Fsp3) is 0.545. The number of hydrogen-bond donors (Lipinski definition) is 3. The van der Waals surface area contributed by atoms with Gasteiger partial charge in [0.1, 0.15) is 23.5 Å². The van der Waals surface area contributed by atoms with E-state index in [1.54, 1.807) is 13.8 Å². The minimum Gasteiger partial charge on any atom is -0.383 e. The molecule has 1 rings (SSSR count). The van der Waals surface area contributed by atoms with Crippen LogP contribution in [0.4, 0.5) is 11.6 Å². The largest absolute Gasteiger partial charge is 0.383 e. The highest BCUT2D eigenvalue weighted by Gasteiger charge is 2.26. The molecule has 6 heteroatoms. The van der Waals surface area contributed by atoms with Gasteiger partial charge >= 0.3 is 0 Å². The minimum absolute atomic E-state index is 0.435. The molecule has 0 saturated carbocycles. The number of carbonyl (C=O) groups excluding carboxylic acids is 1. The summed E-state index contributed by atoms with van der Waals surface area (Å²) in [4.78, 5) is 19.3. The first kappa shape index (κ1) is 13.2. The molecule has 0 unspecified atom stereocenters. The van der Waals surface area contributed by atoms with E-state index in [-0.39, 0.29) is 0 Å². The lowest BCUT2D eigenvalue weighted by Crippen LogP contribution is -2.45. The molecule has 0 bridgehead atoms. The number of primary amides is 1. The van der Waals surface area contributed by atoms with Crippen molar-refractivity contribution >= 4 is 17.5 Å². The highest BCUT2D eigenvalue weighted by Crippen LogP contribution is 2.22. The summed E-state index contributed by atoms with van der Waals surface area (Å²) in [5.74, 6) is 0.560. The summed E-state index contributed by atoms with van der Waals surface area (Å²) in [5.41, 5.74) is 11.1. The summed E-state index contributed by atoms with van der Waals surface area (Å²) in [6.45, 7) is 5.43. The normalized spacial score (nSPS) is 11.2. The Hall–Kier alpha value is -1.85. The van der Waals surface area contributed by atoms with E-state index >= 15 is 0 Å². The Morgan fingerprint density at radius 3 is 2.65 bits per heavy atom. The van der Waals surface area contributed by atoms with E-state index in [2.05, 4.69) is 15.3 Å². The number of rotatable bonds is 5. The Labute approximate surface area is 101 Å². The lowest BCUT2D eigenvalue weighted by atomic mass is 10.0. The smallest absolute Gasteiger partial charge is 0.242 e. The highest BCUT2D eigenvalue weighted by molar-refractivity contribution is 5.87. The van der Waals surface area contributed by atoms with Gasteiger partial charge in [0, 0.05) is 5.56 Å². The van der Waals surface area contributed by atoms with Crippen LogP contribution in [0.1, 0.15) is 32.8 Å². The third-order valence-corrected chi connectivity index (χ3v) is 2.53. The van der Waals surface area contributed by atoms with Crippen molar-refractivity contribution in [2.45, 2.75) is 39.2 Å². The van der Waals surface area contributed by atoms with Crippen molar-refractivity contribution in [3.63, 3.8) is 0 Å². The quantitative estimate of drug-likeness (QED) is 0.698. The monoisotopic (exact) mass is 237 g/mol. The number of aromatic nitrogens is 2. The number of carbonyl (C=O) groups is 1. The fourth-order valence-corrected chi connectivity index (χ4v) is 1.39. The Balaban J connectivity index is 3.06. The number of nitrogens with two attached hydrogens (primary N) is 2. The number of nitrogen functional groups attached to an aromatic ring is 1. The fourth-order valence-electron chi connectivity index (χ4n) is 1.39. The molecule has 6 nitrogen and oxygen atoms in total. The molecule has 1 heterocycles. The first-order chi connectivity index (χ1) is 7.88. The van der Waals surface area contributed by atoms with Gasteiger partial charge in [0.2, 0.25) is 5.91 Å². The van der Waals surface area contributed by atoms with Gasteiger partial charge in [-0.25, -0.2) is 9.97 Å². The average molecular weight is 237 g/mol. The lowest BCUT2D eigenvalue weighted by Gasteiger charge is -2.24. The van der Waals surface area contributed by atoms with E-state index in [9.17, 15) is 4.79 Å². The Bertz CT molecular complexity index is 416. The van der Waals surface area contributed by atoms with Crippen LogP contribution in [0.5, 0.6) is 0 Å². The number of amides is 1. The summed E-state index contributed by atoms with van der Waals surface area (Å²) in [7, 11) is 0. The van der Waals surface area contributed by atoms with Crippen molar-refractivity contribution in [3.8, 4) is 0 Å². The van der Waals surface area contributed by atoms with Gasteiger partial charge in [0.05, 0.1) is 0 Å². The molecular weight excluding hydrogens is 218 g/mol. The van der Waals surface area contributed by atoms with Crippen LogP contribution in [0.2, 0.25) is 0 Å². The molecule has 0 aromatic carbocycles. The topological polar surface area (TPSA) is 107 Å². The molecule has 1 aromatic rings. The van der Waals surface area contributed by atoms with Crippen molar-refractivity contribution in [2.75, 3.05) is 11.1 Å². The number of nitrogens with one attached hydrogen (secondary N) is 1. The van der Waals surface area contributed by atoms with Crippen LogP contribution in [0.25, 0.3) is 0 Å². The highest BCUT2D eigenvalue weighted by atomic mass is 16.1. The van der Waals surface area contributed by atoms with Gasteiger partial charge in [-0.05, 0) is 20.3 Å². The summed E-state index contributed by atoms with van der Waals surface area (Å²) < 4.78 is 0. The molecule has 0 atom stereocenters. The lowest BCUT2D eigenvalue weighted by molar-refractivity contribution is -0.121. The molecule has 1 aromatic heterocycles. The zero-order valence-corrected chi connectivity index (χ0v) is 10.4. The van der Waals surface area contributed by atoms with Crippen molar-refractivity contribution in [1.82, 2.24) is 9.97 Å². The van der Waals surface area contributed by atoms with Crippen LogP contribution < -0.4 is 16.8 Å². The van der Waals surface area contributed by atoms with Crippen molar-refractivity contribution in [3.05, 3.63) is 11.9 Å². The van der Waals surface area contributed by atoms with Crippen LogP contribution in [-0.4, -0.2) is 21.4 Å². The zero-order chi connectivity index (χ0) is 13.1. The SMILES string of the molecule is CCCc1c(N)ncnc1NC(C)(C)C(N)=O. The number of nitrogens with zero attached hydrogens (tertiary/aromatic N) is 2. The second-order valence-electron chi connectivity index (χ2n) is 4.45. The molecule has 5 N–H and O–H groups in total. The van der Waals surface area contributed by atoms with Gasteiger partial charge in [-0.3, -0.25) is 4.79 Å². The summed E-state index contributed by atoms with van der Waals surface area (Å²) in [6, 6.07) is 0. The summed E-state index contributed by atoms with van der Waals surface area (Å²) >= 11 is 0. The summed E-state index contributed by atoms with van der Waals surface area (Å²) in [5, 5.41) is 3.01. The Morgan fingerprint density at radius 2 is 2.12 bits per heavy atom. The molecule has 1 amide bonds. The molecule has 0 spiro atoms. The van der Waals surface area contributed by atoms with E-state index in [4.69, 9.17) is 11.5 Å². The molecular formula is C11H19N5O. The molecule has 0 aliphatic carbocycles. The van der Waals surface area contributed by atoms with Gasteiger partial charge in [-0.2, -0.15) is 0 Å². The van der Waals surface area contributed by atoms with Crippen LogP contribution in [0.15, 0.2) is 6.33 Å². The van der Waals surface area contributed by atoms with E-state index in [1.165, 1.54) is 6.33 Å². The van der Waals surface area contributed by atoms with Gasteiger partial charge < -0.3 is 16.8 Å². The van der Waals surface area contributed by atoms with Crippen LogP contribution in [0.3, 0.4) is 0 Å². The standard InChI is InChI=1S/C11H19N5O/c1-4-5-7-8(12)14-6-15-9(7)16-11(2,3)10(13)17/h6H,4-5H2,1-3H3,(H2,13,17)(H3,12,14,15,16). The van der Waals surface area contributed by atoms with Gasteiger partial charge in [-0.15, -0.1) is 0 Å². The van der Waals surface area contributed by atoms with Crippen LogP contribution >= 0.6 is 0 Å². The molecule has 0 saturated heterocycles. The Morgan fingerprint density at radius 1 is 1.47 bits per heavy atom. The van der Waals surface area contributed by atoms with Crippen molar-refractivity contribution in [1.29, 1.82) is 0 Å². The van der Waals surface area contributed by atoms with Gasteiger partial charge in [0.25, 0.3) is 0 Å². The third kappa shape index (κ3) is 3.05. The Kier molecular flexibility index (Phi) is 3.88. The third-order valence-electron chi connectivity index (χ3n) is 2.53. The average Bonchev–Trinajstić information content (AvgIpc) is 2.22. The van der Waals surface area contributed by atoms with Crippen molar-refractivity contribution < 1.29 is 4.79 Å². The molecule has 17 heavy (non-hydrogen) atoms.